The largest absolute Gasteiger partial charge is 0.494 e. The highest BCUT2D eigenvalue weighted by atomic mass is 16.5. The molecule has 0 atom stereocenters. The molecule has 3 rings (SSSR count). The number of fused-ring (bicyclic) bond motifs is 1. The molecule has 2 aromatic rings. The fourth-order valence-corrected chi connectivity index (χ4v) is 2.86. The first-order valence-corrected chi connectivity index (χ1v) is 8.47. The SMILES string of the molecule is CCOc1ccc(CC(=O)NCCc2ccc3c(c2)CCO3)cc1. The number of hydrogen-bond donors (Lipinski definition) is 1. The maximum Gasteiger partial charge on any atom is 0.224 e. The van der Waals surface area contributed by atoms with Crippen molar-refractivity contribution >= 4 is 5.91 Å². The third kappa shape index (κ3) is 4.28. The van der Waals surface area contributed by atoms with Crippen LogP contribution in [0, 0.1) is 0 Å². The zero-order valence-electron chi connectivity index (χ0n) is 14.0. The lowest BCUT2D eigenvalue weighted by molar-refractivity contribution is -0.120. The molecular weight excluding hydrogens is 302 g/mol. The van der Waals surface area contributed by atoms with Gasteiger partial charge in [-0.25, -0.2) is 0 Å². The fraction of sp³-hybridized carbons (Fsp3) is 0.350. The van der Waals surface area contributed by atoms with Crippen LogP contribution >= 0.6 is 0 Å². The third-order valence-corrected chi connectivity index (χ3v) is 4.09. The summed E-state index contributed by atoms with van der Waals surface area (Å²) in [6.45, 7) is 4.02. The van der Waals surface area contributed by atoms with Crippen molar-refractivity contribution in [3.8, 4) is 11.5 Å². The molecule has 0 saturated heterocycles. The molecule has 4 heteroatoms. The van der Waals surface area contributed by atoms with Crippen molar-refractivity contribution in [2.75, 3.05) is 19.8 Å². The normalized spacial score (nSPS) is 12.4. The van der Waals surface area contributed by atoms with Gasteiger partial charge in [-0.15, -0.1) is 0 Å². The number of amides is 1. The van der Waals surface area contributed by atoms with Gasteiger partial charge in [-0.2, -0.15) is 0 Å². The quantitative estimate of drug-likeness (QED) is 0.851. The summed E-state index contributed by atoms with van der Waals surface area (Å²) < 4.78 is 10.9. The second-order valence-corrected chi connectivity index (χ2v) is 5.89. The summed E-state index contributed by atoms with van der Waals surface area (Å²) in [6, 6.07) is 14.0. The van der Waals surface area contributed by atoms with E-state index in [1.54, 1.807) is 0 Å². The van der Waals surface area contributed by atoms with Crippen LogP contribution in [-0.2, 0) is 24.1 Å². The van der Waals surface area contributed by atoms with E-state index in [0.29, 0.717) is 19.6 Å². The molecule has 24 heavy (non-hydrogen) atoms. The van der Waals surface area contributed by atoms with Crippen LogP contribution in [-0.4, -0.2) is 25.7 Å². The highest BCUT2D eigenvalue weighted by molar-refractivity contribution is 5.78. The van der Waals surface area contributed by atoms with Crippen LogP contribution in [0.4, 0.5) is 0 Å². The van der Waals surface area contributed by atoms with E-state index >= 15 is 0 Å². The van der Waals surface area contributed by atoms with E-state index in [1.807, 2.05) is 37.3 Å². The van der Waals surface area contributed by atoms with Crippen LogP contribution in [0.25, 0.3) is 0 Å². The Labute approximate surface area is 142 Å². The number of hydrogen-bond acceptors (Lipinski definition) is 3. The van der Waals surface area contributed by atoms with Crippen molar-refractivity contribution in [1.82, 2.24) is 5.32 Å². The van der Waals surface area contributed by atoms with Crippen LogP contribution in [0.1, 0.15) is 23.6 Å². The second kappa shape index (κ2) is 7.86. The standard InChI is InChI=1S/C20H23NO3/c1-2-23-18-6-3-15(4-7-18)14-20(22)21-11-9-16-5-8-19-17(13-16)10-12-24-19/h3-8,13H,2,9-12,14H2,1H3,(H,21,22). The monoisotopic (exact) mass is 325 g/mol. The lowest BCUT2D eigenvalue weighted by Crippen LogP contribution is -2.27. The third-order valence-electron chi connectivity index (χ3n) is 4.09. The lowest BCUT2D eigenvalue weighted by Gasteiger charge is -2.08. The summed E-state index contributed by atoms with van der Waals surface area (Å²) in [7, 11) is 0. The van der Waals surface area contributed by atoms with E-state index in [-0.39, 0.29) is 5.91 Å². The molecule has 2 aromatic carbocycles. The van der Waals surface area contributed by atoms with E-state index in [1.165, 1.54) is 11.1 Å². The van der Waals surface area contributed by atoms with Gasteiger partial charge in [0.05, 0.1) is 19.6 Å². The highest BCUT2D eigenvalue weighted by Gasteiger charge is 2.12. The number of benzene rings is 2. The Morgan fingerprint density at radius 1 is 1.17 bits per heavy atom. The Balaban J connectivity index is 1.44. The number of rotatable bonds is 7. The molecule has 0 spiro atoms. The maximum atomic E-state index is 12.0. The molecule has 0 aromatic heterocycles. The van der Waals surface area contributed by atoms with Gasteiger partial charge >= 0.3 is 0 Å². The first-order valence-electron chi connectivity index (χ1n) is 8.47. The van der Waals surface area contributed by atoms with Crippen LogP contribution in [0.5, 0.6) is 11.5 Å². The van der Waals surface area contributed by atoms with Crippen molar-refractivity contribution in [1.29, 1.82) is 0 Å². The van der Waals surface area contributed by atoms with Crippen molar-refractivity contribution in [2.24, 2.45) is 0 Å². The van der Waals surface area contributed by atoms with E-state index in [2.05, 4.69) is 17.4 Å². The van der Waals surface area contributed by atoms with E-state index < -0.39 is 0 Å². The molecule has 0 unspecified atom stereocenters. The molecule has 1 N–H and O–H groups in total. The first kappa shape index (κ1) is 16.4. The topological polar surface area (TPSA) is 47.6 Å². The molecule has 1 aliphatic heterocycles. The molecule has 1 amide bonds. The van der Waals surface area contributed by atoms with Crippen molar-refractivity contribution in [3.05, 3.63) is 59.2 Å². The zero-order chi connectivity index (χ0) is 16.8. The summed E-state index contributed by atoms with van der Waals surface area (Å²) in [5.41, 5.74) is 3.50. The summed E-state index contributed by atoms with van der Waals surface area (Å²) in [6.07, 6.45) is 2.21. The minimum atomic E-state index is 0.0450. The van der Waals surface area contributed by atoms with Gasteiger partial charge in [0, 0.05) is 13.0 Å². The molecule has 0 bridgehead atoms. The number of carbonyl (C=O) groups is 1. The average molecular weight is 325 g/mol. The summed E-state index contributed by atoms with van der Waals surface area (Å²) >= 11 is 0. The molecule has 1 heterocycles. The van der Waals surface area contributed by atoms with Crippen LogP contribution in [0.3, 0.4) is 0 Å². The van der Waals surface area contributed by atoms with E-state index in [9.17, 15) is 4.79 Å². The minimum Gasteiger partial charge on any atom is -0.494 e. The van der Waals surface area contributed by atoms with Gasteiger partial charge in [0.15, 0.2) is 0 Å². The van der Waals surface area contributed by atoms with Gasteiger partial charge in [-0.05, 0) is 48.2 Å². The van der Waals surface area contributed by atoms with Crippen molar-refractivity contribution in [2.45, 2.75) is 26.2 Å². The Morgan fingerprint density at radius 2 is 1.96 bits per heavy atom. The summed E-state index contributed by atoms with van der Waals surface area (Å²) in [5.74, 6) is 1.88. The smallest absolute Gasteiger partial charge is 0.224 e. The van der Waals surface area contributed by atoms with Gasteiger partial charge in [-0.3, -0.25) is 4.79 Å². The van der Waals surface area contributed by atoms with E-state index in [0.717, 1.165) is 36.5 Å². The van der Waals surface area contributed by atoms with Gasteiger partial charge in [0.2, 0.25) is 5.91 Å². The molecule has 126 valence electrons. The lowest BCUT2D eigenvalue weighted by atomic mass is 10.1. The van der Waals surface area contributed by atoms with Crippen LogP contribution in [0.2, 0.25) is 0 Å². The van der Waals surface area contributed by atoms with Crippen molar-refractivity contribution < 1.29 is 14.3 Å². The maximum absolute atomic E-state index is 12.0. The number of nitrogens with one attached hydrogen (secondary N) is 1. The Hall–Kier alpha value is -2.49. The Morgan fingerprint density at radius 3 is 2.75 bits per heavy atom. The van der Waals surface area contributed by atoms with Gasteiger partial charge in [0.1, 0.15) is 11.5 Å². The van der Waals surface area contributed by atoms with E-state index in [4.69, 9.17) is 9.47 Å². The molecule has 1 aliphatic rings. The molecule has 4 nitrogen and oxygen atoms in total. The Kier molecular flexibility index (Phi) is 5.36. The number of ether oxygens (including phenoxy) is 2. The predicted octanol–water partition coefficient (Wildman–Crippen LogP) is 2.92. The highest BCUT2D eigenvalue weighted by Crippen LogP contribution is 2.25. The number of carbonyl (C=O) groups excluding carboxylic acids is 1. The van der Waals surface area contributed by atoms with Gasteiger partial charge < -0.3 is 14.8 Å². The van der Waals surface area contributed by atoms with Crippen LogP contribution < -0.4 is 14.8 Å². The van der Waals surface area contributed by atoms with Crippen LogP contribution in [0.15, 0.2) is 42.5 Å². The Bertz CT molecular complexity index is 695. The summed E-state index contributed by atoms with van der Waals surface area (Å²) in [5, 5.41) is 2.99. The van der Waals surface area contributed by atoms with Gasteiger partial charge in [0.25, 0.3) is 0 Å². The summed E-state index contributed by atoms with van der Waals surface area (Å²) in [4.78, 5) is 12.0. The minimum absolute atomic E-state index is 0.0450. The molecule has 0 radical (unpaired) electrons. The van der Waals surface area contributed by atoms with Crippen molar-refractivity contribution in [3.63, 3.8) is 0 Å². The molecule has 0 fully saturated rings. The van der Waals surface area contributed by atoms with Gasteiger partial charge in [-0.1, -0.05) is 24.3 Å². The second-order valence-electron chi connectivity index (χ2n) is 5.89. The predicted molar refractivity (Wildman–Crippen MR) is 93.7 cm³/mol. The first-order chi connectivity index (χ1) is 11.7. The fourth-order valence-electron chi connectivity index (χ4n) is 2.86. The zero-order valence-corrected chi connectivity index (χ0v) is 14.0. The molecule has 0 saturated carbocycles. The average Bonchev–Trinajstić information content (AvgIpc) is 3.05. The molecule has 0 aliphatic carbocycles. The molecular formula is C20H23NO3.